The normalized spacial score (nSPS) is 22.9. The number of piperazine rings is 1. The Labute approximate surface area is 136 Å². The fourth-order valence-corrected chi connectivity index (χ4v) is 4.17. The van der Waals surface area contributed by atoms with E-state index in [0.717, 1.165) is 51.9 Å². The van der Waals surface area contributed by atoms with Crippen LogP contribution in [0.3, 0.4) is 0 Å². The molecule has 1 N–H and O–H groups in total. The lowest BCUT2D eigenvalue weighted by molar-refractivity contribution is -0.139. The van der Waals surface area contributed by atoms with Gasteiger partial charge in [0.05, 0.1) is 5.56 Å². The van der Waals surface area contributed by atoms with Crippen molar-refractivity contribution >= 4 is 0 Å². The summed E-state index contributed by atoms with van der Waals surface area (Å²) in [5, 5.41) is 3.30. The molecule has 1 saturated heterocycles. The van der Waals surface area contributed by atoms with Crippen molar-refractivity contribution < 1.29 is 13.2 Å². The van der Waals surface area contributed by atoms with E-state index >= 15 is 0 Å². The molecule has 0 unspecified atom stereocenters. The molecule has 2 aliphatic rings. The minimum Gasteiger partial charge on any atom is -0.314 e. The van der Waals surface area contributed by atoms with Gasteiger partial charge in [-0.05, 0) is 30.4 Å². The summed E-state index contributed by atoms with van der Waals surface area (Å²) in [4.78, 5) is 2.27. The van der Waals surface area contributed by atoms with Crippen LogP contribution in [0.25, 0.3) is 0 Å². The van der Waals surface area contributed by atoms with E-state index in [-0.39, 0.29) is 6.04 Å². The van der Waals surface area contributed by atoms with E-state index in [1.54, 1.807) is 12.1 Å². The lowest BCUT2D eigenvalue weighted by Crippen LogP contribution is -2.47. The minimum absolute atomic E-state index is 0.102. The number of halogens is 3. The van der Waals surface area contributed by atoms with Crippen molar-refractivity contribution in [3.05, 3.63) is 35.4 Å². The first-order valence-corrected chi connectivity index (χ1v) is 8.68. The van der Waals surface area contributed by atoms with E-state index in [9.17, 15) is 13.2 Å². The molecule has 3 rings (SSSR count). The maximum Gasteiger partial charge on any atom is 0.416 e. The molecule has 0 aromatic heterocycles. The van der Waals surface area contributed by atoms with Crippen LogP contribution in [0.5, 0.6) is 0 Å². The molecule has 2 nitrogen and oxygen atoms in total. The Morgan fingerprint density at radius 1 is 1.00 bits per heavy atom. The van der Waals surface area contributed by atoms with Crippen LogP contribution in [0.2, 0.25) is 0 Å². The quantitative estimate of drug-likeness (QED) is 0.894. The lowest BCUT2D eigenvalue weighted by Gasteiger charge is -2.42. The smallest absolute Gasteiger partial charge is 0.314 e. The second-order valence-electron chi connectivity index (χ2n) is 6.71. The molecule has 128 valence electrons. The highest BCUT2D eigenvalue weighted by atomic mass is 19.4. The van der Waals surface area contributed by atoms with Crippen LogP contribution in [0.1, 0.15) is 49.3 Å². The molecular weight excluding hydrogens is 301 g/mol. The zero-order chi connectivity index (χ0) is 16.3. The van der Waals surface area contributed by atoms with Gasteiger partial charge in [-0.1, -0.05) is 37.5 Å². The first-order chi connectivity index (χ1) is 11.1. The molecule has 1 aromatic rings. The Kier molecular flexibility index (Phi) is 5.27. The maximum atomic E-state index is 13.5. The number of nitrogens with one attached hydrogen (secondary N) is 1. The fourth-order valence-electron chi connectivity index (χ4n) is 4.17. The summed E-state index contributed by atoms with van der Waals surface area (Å²) in [7, 11) is 0. The molecule has 1 aliphatic heterocycles. The summed E-state index contributed by atoms with van der Waals surface area (Å²) in [5.74, 6) is 0.338. The van der Waals surface area contributed by atoms with Crippen molar-refractivity contribution in [2.75, 3.05) is 26.2 Å². The van der Waals surface area contributed by atoms with Crippen molar-refractivity contribution in [3.8, 4) is 0 Å². The second kappa shape index (κ2) is 7.22. The van der Waals surface area contributed by atoms with Gasteiger partial charge in [-0.3, -0.25) is 4.90 Å². The van der Waals surface area contributed by atoms with Crippen LogP contribution in [0.4, 0.5) is 13.2 Å². The monoisotopic (exact) mass is 326 g/mol. The molecule has 1 heterocycles. The Hall–Kier alpha value is -1.07. The van der Waals surface area contributed by atoms with Gasteiger partial charge < -0.3 is 5.32 Å². The van der Waals surface area contributed by atoms with Gasteiger partial charge in [-0.25, -0.2) is 0 Å². The summed E-state index contributed by atoms with van der Waals surface area (Å²) in [6.07, 6.45) is 1.30. The van der Waals surface area contributed by atoms with E-state index in [4.69, 9.17) is 0 Å². The van der Waals surface area contributed by atoms with Crippen LogP contribution in [-0.2, 0) is 6.18 Å². The van der Waals surface area contributed by atoms with E-state index in [1.807, 2.05) is 0 Å². The highest BCUT2D eigenvalue weighted by Crippen LogP contribution is 2.43. The third kappa shape index (κ3) is 3.89. The molecule has 1 aliphatic carbocycles. The minimum atomic E-state index is -4.28. The van der Waals surface area contributed by atoms with Crippen LogP contribution in [0.15, 0.2) is 24.3 Å². The zero-order valence-electron chi connectivity index (χ0n) is 13.4. The third-order valence-electron chi connectivity index (χ3n) is 5.23. The molecule has 23 heavy (non-hydrogen) atoms. The fraction of sp³-hybridized carbons (Fsp3) is 0.667. The number of benzene rings is 1. The Balaban J connectivity index is 1.97. The summed E-state index contributed by atoms with van der Waals surface area (Å²) >= 11 is 0. The lowest BCUT2D eigenvalue weighted by atomic mass is 9.79. The SMILES string of the molecule is FC(F)(F)c1ccccc1[C@H](C1CCCCC1)N1CCNCC1. The predicted molar refractivity (Wildman–Crippen MR) is 85.2 cm³/mol. The van der Waals surface area contributed by atoms with Gasteiger partial charge in [0.1, 0.15) is 0 Å². The van der Waals surface area contributed by atoms with Crippen molar-refractivity contribution in [3.63, 3.8) is 0 Å². The molecule has 1 saturated carbocycles. The number of nitrogens with zero attached hydrogens (tertiary/aromatic N) is 1. The number of rotatable bonds is 3. The molecular formula is C18H25F3N2. The largest absolute Gasteiger partial charge is 0.416 e. The summed E-state index contributed by atoms with van der Waals surface area (Å²) < 4.78 is 40.5. The molecule has 0 radical (unpaired) electrons. The molecule has 0 bridgehead atoms. The van der Waals surface area contributed by atoms with Gasteiger partial charge in [0.25, 0.3) is 0 Å². The topological polar surface area (TPSA) is 15.3 Å². The zero-order valence-corrected chi connectivity index (χ0v) is 13.4. The highest BCUT2D eigenvalue weighted by Gasteiger charge is 2.39. The van der Waals surface area contributed by atoms with E-state index < -0.39 is 11.7 Å². The summed E-state index contributed by atoms with van der Waals surface area (Å²) in [5.41, 5.74) is 0.0305. The average Bonchev–Trinajstić information content (AvgIpc) is 2.57. The summed E-state index contributed by atoms with van der Waals surface area (Å²) in [6.45, 7) is 3.37. The molecule has 5 heteroatoms. The van der Waals surface area contributed by atoms with Gasteiger partial charge in [0, 0.05) is 32.2 Å². The molecule has 0 spiro atoms. The third-order valence-corrected chi connectivity index (χ3v) is 5.23. The number of alkyl halides is 3. The Morgan fingerprint density at radius 2 is 1.65 bits per heavy atom. The highest BCUT2D eigenvalue weighted by molar-refractivity contribution is 5.33. The number of hydrogen-bond donors (Lipinski definition) is 1. The van der Waals surface area contributed by atoms with Crippen LogP contribution in [-0.4, -0.2) is 31.1 Å². The van der Waals surface area contributed by atoms with Crippen molar-refractivity contribution in [2.45, 2.75) is 44.3 Å². The van der Waals surface area contributed by atoms with E-state index in [1.165, 1.54) is 18.6 Å². The first-order valence-electron chi connectivity index (χ1n) is 8.68. The summed E-state index contributed by atoms with van der Waals surface area (Å²) in [6, 6.07) is 6.09. The Bertz CT molecular complexity index is 485. The molecule has 1 aromatic carbocycles. The van der Waals surface area contributed by atoms with E-state index in [2.05, 4.69) is 10.2 Å². The maximum absolute atomic E-state index is 13.5. The van der Waals surface area contributed by atoms with Crippen molar-refractivity contribution in [2.24, 2.45) is 5.92 Å². The molecule has 1 atom stereocenters. The van der Waals surface area contributed by atoms with Gasteiger partial charge in [0.2, 0.25) is 0 Å². The van der Waals surface area contributed by atoms with Gasteiger partial charge >= 0.3 is 6.18 Å². The standard InChI is InChI=1S/C18H25F3N2/c19-18(20,21)16-9-5-4-8-15(16)17(14-6-2-1-3-7-14)23-12-10-22-11-13-23/h4-5,8-9,14,17,22H,1-3,6-7,10-13H2/t17-/m0/s1. The second-order valence-corrected chi connectivity index (χ2v) is 6.71. The molecule has 0 amide bonds. The first kappa shape index (κ1) is 16.8. The van der Waals surface area contributed by atoms with Crippen LogP contribution < -0.4 is 5.32 Å². The van der Waals surface area contributed by atoms with Gasteiger partial charge in [-0.15, -0.1) is 0 Å². The molecule has 2 fully saturated rings. The average molecular weight is 326 g/mol. The number of hydrogen-bond acceptors (Lipinski definition) is 2. The van der Waals surface area contributed by atoms with Crippen molar-refractivity contribution in [1.82, 2.24) is 10.2 Å². The van der Waals surface area contributed by atoms with Crippen LogP contribution >= 0.6 is 0 Å². The predicted octanol–water partition coefficient (Wildman–Crippen LogP) is 4.23. The Morgan fingerprint density at radius 3 is 2.30 bits per heavy atom. The van der Waals surface area contributed by atoms with Crippen LogP contribution in [0, 0.1) is 5.92 Å². The van der Waals surface area contributed by atoms with E-state index in [0.29, 0.717) is 11.5 Å². The van der Waals surface area contributed by atoms with Gasteiger partial charge in [0.15, 0.2) is 0 Å². The van der Waals surface area contributed by atoms with Crippen molar-refractivity contribution in [1.29, 1.82) is 0 Å². The van der Waals surface area contributed by atoms with Gasteiger partial charge in [-0.2, -0.15) is 13.2 Å².